The van der Waals surface area contributed by atoms with Crippen LogP contribution in [0.5, 0.6) is 0 Å². The van der Waals surface area contributed by atoms with Gasteiger partial charge in [0.25, 0.3) is 0 Å². The van der Waals surface area contributed by atoms with Crippen LogP contribution in [0.2, 0.25) is 0 Å². The Kier molecular flexibility index (Phi) is 14.6. The van der Waals surface area contributed by atoms with Gasteiger partial charge in [0.05, 0.1) is 73.7 Å². The van der Waals surface area contributed by atoms with Gasteiger partial charge in [-0.05, 0) is 5.41 Å². The number of esters is 1. The highest BCUT2D eigenvalue weighted by molar-refractivity contribution is 8.43. The molecule has 0 bridgehead atoms. The Morgan fingerprint density at radius 2 is 1.41 bits per heavy atom. The highest BCUT2D eigenvalue weighted by Gasteiger charge is 2.29. The van der Waals surface area contributed by atoms with E-state index in [-0.39, 0.29) is 26.1 Å². The average molecular weight is 603 g/mol. The fourth-order valence-electron chi connectivity index (χ4n) is 2.43. The fraction of sp³-hybridized carbons (Fsp3) is 0.600. The quantitative estimate of drug-likeness (QED) is 0.174. The van der Waals surface area contributed by atoms with Crippen LogP contribution < -0.4 is 0 Å². The van der Waals surface area contributed by atoms with E-state index < -0.39 is 11.9 Å². The van der Waals surface area contributed by atoms with E-state index in [4.69, 9.17) is 24.1 Å². The molecule has 190 valence electrons. The number of carboxylic acids is 1. The SMILES string of the molecule is O=C(O)CCC(=O)OCCOCCOCCOCCSC1=CSC(=C2SC3=C(SCCS3)S2)S1. The minimum absolute atomic E-state index is 0.111. The molecular formula is C20H26O7S7. The third-order valence-corrected chi connectivity index (χ3v) is 14.0. The summed E-state index contributed by atoms with van der Waals surface area (Å²) >= 11 is 13.4. The molecular weight excluding hydrogens is 577 g/mol. The van der Waals surface area contributed by atoms with Crippen LogP contribution in [0.4, 0.5) is 0 Å². The largest absolute Gasteiger partial charge is 0.481 e. The maximum Gasteiger partial charge on any atom is 0.306 e. The number of aliphatic carboxylic acids is 1. The van der Waals surface area contributed by atoms with Crippen LogP contribution in [0, 0.1) is 0 Å². The summed E-state index contributed by atoms with van der Waals surface area (Å²) in [7, 11) is 0. The third-order valence-electron chi connectivity index (χ3n) is 3.96. The van der Waals surface area contributed by atoms with Crippen LogP contribution in [-0.4, -0.2) is 80.6 Å². The fourth-order valence-corrected chi connectivity index (χ4v) is 12.3. The number of rotatable bonds is 16. The average Bonchev–Trinajstić information content (AvgIpc) is 3.47. The summed E-state index contributed by atoms with van der Waals surface area (Å²) in [5.41, 5.74) is 0. The second kappa shape index (κ2) is 17.1. The Morgan fingerprint density at radius 3 is 2.06 bits per heavy atom. The van der Waals surface area contributed by atoms with Gasteiger partial charge in [0, 0.05) is 17.3 Å². The molecule has 3 aliphatic rings. The summed E-state index contributed by atoms with van der Waals surface area (Å²) in [5.74, 6) is 1.80. The van der Waals surface area contributed by atoms with E-state index in [0.29, 0.717) is 33.0 Å². The van der Waals surface area contributed by atoms with Crippen LogP contribution in [0.3, 0.4) is 0 Å². The van der Waals surface area contributed by atoms with Gasteiger partial charge in [-0.25, -0.2) is 0 Å². The van der Waals surface area contributed by atoms with Crippen LogP contribution in [0.1, 0.15) is 12.8 Å². The van der Waals surface area contributed by atoms with Gasteiger partial charge >= 0.3 is 11.9 Å². The monoisotopic (exact) mass is 602 g/mol. The molecule has 0 unspecified atom stereocenters. The molecule has 7 nitrogen and oxygen atoms in total. The van der Waals surface area contributed by atoms with Gasteiger partial charge in [-0.1, -0.05) is 47.0 Å². The standard InChI is InChI=1S/C20H26O7S7/c21-14(22)1-2-15(23)27-8-7-25-4-3-24-5-6-26-9-10-28-16-13-31-19(32-16)20-33-17-18(34-20)30-12-11-29-17/h13H,1-12H2,(H,21,22). The van der Waals surface area contributed by atoms with Crippen LogP contribution >= 0.6 is 82.3 Å². The molecule has 3 rings (SSSR count). The Balaban J connectivity index is 1.09. The van der Waals surface area contributed by atoms with Crippen molar-refractivity contribution in [3.8, 4) is 0 Å². The molecule has 0 aromatic heterocycles. The van der Waals surface area contributed by atoms with Gasteiger partial charge in [0.1, 0.15) is 6.61 Å². The van der Waals surface area contributed by atoms with Crippen molar-refractivity contribution in [3.63, 3.8) is 0 Å². The predicted molar refractivity (Wildman–Crippen MR) is 150 cm³/mol. The second-order valence-electron chi connectivity index (χ2n) is 6.51. The van der Waals surface area contributed by atoms with Crippen molar-refractivity contribution in [2.75, 3.05) is 63.5 Å². The van der Waals surface area contributed by atoms with Crippen LogP contribution in [0.15, 0.2) is 26.6 Å². The molecule has 34 heavy (non-hydrogen) atoms. The van der Waals surface area contributed by atoms with Crippen molar-refractivity contribution in [2.45, 2.75) is 12.8 Å². The zero-order valence-electron chi connectivity index (χ0n) is 18.3. The maximum absolute atomic E-state index is 11.2. The van der Waals surface area contributed by atoms with Crippen LogP contribution in [0.25, 0.3) is 0 Å². The first kappa shape index (κ1) is 29.1. The van der Waals surface area contributed by atoms with Gasteiger partial charge in [0.15, 0.2) is 0 Å². The Hall–Kier alpha value is 0.490. The predicted octanol–water partition coefficient (Wildman–Crippen LogP) is 5.67. The van der Waals surface area contributed by atoms with E-state index in [0.717, 1.165) is 5.75 Å². The Labute approximate surface area is 229 Å². The molecule has 0 saturated heterocycles. The van der Waals surface area contributed by atoms with Gasteiger partial charge in [-0.15, -0.1) is 35.3 Å². The lowest BCUT2D eigenvalue weighted by Gasteiger charge is -2.08. The lowest BCUT2D eigenvalue weighted by atomic mass is 10.3. The van der Waals surface area contributed by atoms with E-state index in [1.165, 1.54) is 32.7 Å². The first-order chi connectivity index (χ1) is 16.6. The molecule has 0 aromatic carbocycles. The first-order valence-corrected chi connectivity index (χ1v) is 16.8. The minimum atomic E-state index is -1.02. The number of carbonyl (C=O) groups is 2. The lowest BCUT2D eigenvalue weighted by Crippen LogP contribution is -2.14. The molecule has 14 heteroatoms. The first-order valence-electron chi connectivity index (χ1n) is 10.5. The van der Waals surface area contributed by atoms with E-state index in [1.807, 2.05) is 82.3 Å². The van der Waals surface area contributed by atoms with E-state index in [2.05, 4.69) is 5.41 Å². The summed E-state index contributed by atoms with van der Waals surface area (Å²) in [6.45, 7) is 2.93. The summed E-state index contributed by atoms with van der Waals surface area (Å²) in [6.07, 6.45) is -0.346. The van der Waals surface area contributed by atoms with Gasteiger partial charge < -0.3 is 24.1 Å². The zero-order chi connectivity index (χ0) is 24.0. The van der Waals surface area contributed by atoms with Gasteiger partial charge in [0.2, 0.25) is 0 Å². The zero-order valence-corrected chi connectivity index (χ0v) is 24.0. The van der Waals surface area contributed by atoms with E-state index in [1.54, 1.807) is 0 Å². The highest BCUT2D eigenvalue weighted by atomic mass is 32.3. The maximum atomic E-state index is 11.2. The summed E-state index contributed by atoms with van der Waals surface area (Å²) < 4.78 is 28.4. The number of carboxylic acid groups (broad SMARTS) is 1. The molecule has 0 spiro atoms. The van der Waals surface area contributed by atoms with Crippen molar-refractivity contribution in [3.05, 3.63) is 26.6 Å². The molecule has 3 aliphatic heterocycles. The summed E-state index contributed by atoms with van der Waals surface area (Å²) in [5, 5.41) is 10.7. The van der Waals surface area contributed by atoms with Crippen molar-refractivity contribution >= 4 is 94.3 Å². The Morgan fingerprint density at radius 1 is 0.794 bits per heavy atom. The number of hydrogen-bond acceptors (Lipinski definition) is 13. The van der Waals surface area contributed by atoms with Crippen molar-refractivity contribution in [2.24, 2.45) is 0 Å². The number of thioether (sulfide) groups is 7. The van der Waals surface area contributed by atoms with Crippen molar-refractivity contribution in [1.82, 2.24) is 0 Å². The molecule has 0 aliphatic carbocycles. The highest BCUT2D eigenvalue weighted by Crippen LogP contribution is 2.64. The normalized spacial score (nSPS) is 17.8. The van der Waals surface area contributed by atoms with E-state index in [9.17, 15) is 9.59 Å². The van der Waals surface area contributed by atoms with Crippen molar-refractivity contribution < 1.29 is 33.6 Å². The van der Waals surface area contributed by atoms with Crippen molar-refractivity contribution in [1.29, 1.82) is 0 Å². The van der Waals surface area contributed by atoms with Crippen LogP contribution in [-0.2, 0) is 28.5 Å². The minimum Gasteiger partial charge on any atom is -0.481 e. The molecule has 1 N–H and O–H groups in total. The molecule has 0 fully saturated rings. The molecule has 0 aromatic rings. The summed E-state index contributed by atoms with van der Waals surface area (Å²) in [6, 6.07) is 0. The smallest absolute Gasteiger partial charge is 0.306 e. The molecule has 0 amide bonds. The molecule has 0 radical (unpaired) electrons. The number of ether oxygens (including phenoxy) is 4. The number of carbonyl (C=O) groups excluding carboxylic acids is 1. The number of hydrogen-bond donors (Lipinski definition) is 1. The Bertz CT molecular complexity index is 780. The molecule has 0 saturated carbocycles. The second-order valence-corrected chi connectivity index (χ2v) is 15.1. The van der Waals surface area contributed by atoms with E-state index >= 15 is 0 Å². The third kappa shape index (κ3) is 11.3. The van der Waals surface area contributed by atoms with Gasteiger partial charge in [-0.2, -0.15) is 0 Å². The molecule has 3 heterocycles. The molecule has 0 atom stereocenters. The summed E-state index contributed by atoms with van der Waals surface area (Å²) in [4.78, 5) is 21.6. The topological polar surface area (TPSA) is 91.3 Å². The lowest BCUT2D eigenvalue weighted by molar-refractivity contribution is -0.149. The van der Waals surface area contributed by atoms with Gasteiger partial charge in [-0.3, -0.25) is 9.59 Å².